The smallest absolute Gasteiger partial charge is 0.266 e. The number of ether oxygens (including phenoxy) is 1. The van der Waals surface area contributed by atoms with Crippen LogP contribution >= 0.6 is 0 Å². The summed E-state index contributed by atoms with van der Waals surface area (Å²) in [6.07, 6.45) is 0. The predicted octanol–water partition coefficient (Wildman–Crippen LogP) is 1.23. The summed E-state index contributed by atoms with van der Waals surface area (Å²) in [7, 11) is 0. The van der Waals surface area contributed by atoms with Crippen molar-refractivity contribution in [3.63, 3.8) is 0 Å². The lowest BCUT2D eigenvalue weighted by Gasteiger charge is -2.27. The van der Waals surface area contributed by atoms with Gasteiger partial charge in [0, 0.05) is 18.2 Å². The second kappa shape index (κ2) is 6.60. The molecular weight excluding hydrogens is 324 g/mol. The lowest BCUT2D eigenvalue weighted by atomic mass is 10.1. The van der Waals surface area contributed by atoms with Gasteiger partial charge in [0.25, 0.3) is 5.91 Å². The third kappa shape index (κ3) is 3.57. The molecule has 0 atom stereocenters. The number of rotatable bonds is 4. The molecule has 25 heavy (non-hydrogen) atoms. The summed E-state index contributed by atoms with van der Waals surface area (Å²) < 4.78 is 5.30. The Bertz CT molecular complexity index is 848. The summed E-state index contributed by atoms with van der Waals surface area (Å²) in [6.45, 7) is 1.07. The van der Waals surface area contributed by atoms with E-state index in [2.05, 4.69) is 10.3 Å². The maximum atomic E-state index is 12.5. The molecule has 0 saturated heterocycles. The molecular formula is C17H16N4O4. The van der Waals surface area contributed by atoms with E-state index in [9.17, 15) is 14.4 Å². The molecule has 8 heteroatoms. The molecule has 1 aliphatic heterocycles. The van der Waals surface area contributed by atoms with Crippen molar-refractivity contribution >= 4 is 34.9 Å². The number of hydrogen-bond donors (Lipinski definition) is 2. The Morgan fingerprint density at radius 2 is 1.96 bits per heavy atom. The first-order valence-corrected chi connectivity index (χ1v) is 7.54. The molecule has 0 unspecified atom stereocenters. The molecule has 1 aliphatic rings. The number of amides is 2. The van der Waals surface area contributed by atoms with Gasteiger partial charge in [-0.05, 0) is 36.4 Å². The number of carbonyl (C=O) groups is 3. The normalized spacial score (nSPS) is 13.0. The Labute approximate surface area is 143 Å². The highest BCUT2D eigenvalue weighted by atomic mass is 16.5. The summed E-state index contributed by atoms with van der Waals surface area (Å²) >= 11 is 0. The van der Waals surface area contributed by atoms with Crippen LogP contribution in [0.2, 0.25) is 0 Å². The van der Waals surface area contributed by atoms with E-state index < -0.39 is 0 Å². The molecule has 2 aromatic rings. The van der Waals surface area contributed by atoms with Gasteiger partial charge in [-0.15, -0.1) is 0 Å². The second-order valence-corrected chi connectivity index (χ2v) is 5.51. The molecule has 3 N–H and O–H groups in total. The average Bonchev–Trinajstić information content (AvgIpc) is 2.57. The van der Waals surface area contributed by atoms with Crippen molar-refractivity contribution in [1.29, 1.82) is 0 Å². The van der Waals surface area contributed by atoms with E-state index in [1.807, 2.05) is 0 Å². The van der Waals surface area contributed by atoms with E-state index in [0.29, 0.717) is 17.0 Å². The van der Waals surface area contributed by atoms with Gasteiger partial charge in [0.1, 0.15) is 5.82 Å². The largest absolute Gasteiger partial charge is 0.480 e. The first-order chi connectivity index (χ1) is 11.9. The second-order valence-electron chi connectivity index (χ2n) is 5.51. The van der Waals surface area contributed by atoms with Gasteiger partial charge in [-0.25, -0.2) is 4.98 Å². The topological polar surface area (TPSA) is 115 Å². The van der Waals surface area contributed by atoms with Crippen LogP contribution in [0.15, 0.2) is 36.4 Å². The monoisotopic (exact) mass is 340 g/mol. The minimum atomic E-state index is -0.367. The van der Waals surface area contributed by atoms with Crippen molar-refractivity contribution in [2.75, 3.05) is 29.1 Å². The van der Waals surface area contributed by atoms with Gasteiger partial charge in [-0.1, -0.05) is 0 Å². The Kier molecular flexibility index (Phi) is 4.34. The number of nitrogens with one attached hydrogen (secondary N) is 1. The molecule has 0 saturated carbocycles. The summed E-state index contributed by atoms with van der Waals surface area (Å²) in [4.78, 5) is 41.0. The summed E-state index contributed by atoms with van der Waals surface area (Å²) in [5, 5.41) is 2.62. The molecule has 8 nitrogen and oxygen atoms in total. The number of fused-ring (bicyclic) bond motifs is 1. The molecule has 0 aliphatic carbocycles. The number of pyridine rings is 1. The van der Waals surface area contributed by atoms with Crippen LogP contribution in [0.5, 0.6) is 5.75 Å². The maximum Gasteiger partial charge on any atom is 0.266 e. The fourth-order valence-electron chi connectivity index (χ4n) is 2.43. The Balaban J connectivity index is 1.80. The number of carbonyl (C=O) groups excluding carboxylic acids is 3. The summed E-state index contributed by atoms with van der Waals surface area (Å²) in [5.41, 5.74) is 6.67. The molecule has 2 amide bonds. The summed E-state index contributed by atoms with van der Waals surface area (Å²) in [6, 6.07) is 9.61. The number of anilines is 3. The van der Waals surface area contributed by atoms with Gasteiger partial charge >= 0.3 is 0 Å². The highest BCUT2D eigenvalue weighted by molar-refractivity contribution is 6.07. The molecule has 2 heterocycles. The van der Waals surface area contributed by atoms with E-state index in [4.69, 9.17) is 10.5 Å². The number of benzene rings is 1. The minimum Gasteiger partial charge on any atom is -0.480 e. The predicted molar refractivity (Wildman–Crippen MR) is 91.6 cm³/mol. The third-order valence-corrected chi connectivity index (χ3v) is 3.60. The van der Waals surface area contributed by atoms with Crippen molar-refractivity contribution in [3.05, 3.63) is 42.0 Å². The standard InChI is InChI=1S/C17H16N4O4/c1-10(22)19-12-4-2-11(3-5-12)13(23)8-21-16(24)9-25-14-6-7-15(18)20-17(14)21/h2-7H,8-9H2,1H3,(H2,18,20)(H,19,22). The lowest BCUT2D eigenvalue weighted by molar-refractivity contribution is -0.121. The Morgan fingerprint density at radius 1 is 1.24 bits per heavy atom. The number of nitrogen functional groups attached to an aromatic ring is 1. The van der Waals surface area contributed by atoms with Gasteiger partial charge in [0.2, 0.25) is 5.91 Å². The van der Waals surface area contributed by atoms with Crippen LogP contribution in [0.1, 0.15) is 17.3 Å². The van der Waals surface area contributed by atoms with Crippen molar-refractivity contribution in [2.24, 2.45) is 0 Å². The first kappa shape index (κ1) is 16.4. The van der Waals surface area contributed by atoms with Crippen LogP contribution in [0, 0.1) is 0 Å². The van der Waals surface area contributed by atoms with Crippen LogP contribution in [-0.2, 0) is 9.59 Å². The molecule has 0 fully saturated rings. The number of ketones is 1. The molecule has 1 aromatic heterocycles. The molecule has 1 aromatic carbocycles. The van der Waals surface area contributed by atoms with Gasteiger partial charge in [-0.3, -0.25) is 19.3 Å². The van der Waals surface area contributed by atoms with Gasteiger partial charge < -0.3 is 15.8 Å². The van der Waals surface area contributed by atoms with Crippen LogP contribution in [-0.4, -0.2) is 35.7 Å². The molecule has 128 valence electrons. The SMILES string of the molecule is CC(=O)Nc1ccc(C(=O)CN2C(=O)COc3ccc(N)nc32)cc1. The van der Waals surface area contributed by atoms with Gasteiger partial charge in [0.15, 0.2) is 24.0 Å². The maximum absolute atomic E-state index is 12.5. The van der Waals surface area contributed by atoms with Crippen LogP contribution < -0.4 is 20.7 Å². The van der Waals surface area contributed by atoms with Crippen molar-refractivity contribution < 1.29 is 19.1 Å². The molecule has 3 rings (SSSR count). The lowest BCUT2D eigenvalue weighted by Crippen LogP contribution is -2.42. The quantitative estimate of drug-likeness (QED) is 0.809. The van der Waals surface area contributed by atoms with Gasteiger partial charge in [-0.2, -0.15) is 0 Å². The fourth-order valence-corrected chi connectivity index (χ4v) is 2.43. The van der Waals surface area contributed by atoms with E-state index in [-0.39, 0.29) is 42.4 Å². The first-order valence-electron chi connectivity index (χ1n) is 7.54. The van der Waals surface area contributed by atoms with Crippen LogP contribution in [0.4, 0.5) is 17.3 Å². The molecule has 0 spiro atoms. The zero-order valence-electron chi connectivity index (χ0n) is 13.5. The van der Waals surface area contributed by atoms with E-state index in [0.717, 1.165) is 0 Å². The minimum absolute atomic E-state index is 0.159. The zero-order chi connectivity index (χ0) is 18.0. The van der Waals surface area contributed by atoms with Crippen LogP contribution in [0.3, 0.4) is 0 Å². The van der Waals surface area contributed by atoms with Crippen LogP contribution in [0.25, 0.3) is 0 Å². The number of aromatic nitrogens is 1. The number of nitrogens with two attached hydrogens (primary N) is 1. The van der Waals surface area contributed by atoms with Crippen molar-refractivity contribution in [1.82, 2.24) is 4.98 Å². The zero-order valence-corrected chi connectivity index (χ0v) is 13.5. The fraction of sp³-hybridized carbons (Fsp3) is 0.176. The Morgan fingerprint density at radius 3 is 2.64 bits per heavy atom. The average molecular weight is 340 g/mol. The number of Topliss-reactive ketones (excluding diaryl/α,β-unsaturated/α-hetero) is 1. The third-order valence-electron chi connectivity index (χ3n) is 3.60. The van der Waals surface area contributed by atoms with Crippen molar-refractivity contribution in [3.8, 4) is 5.75 Å². The summed E-state index contributed by atoms with van der Waals surface area (Å²) in [5.74, 6) is 0.0445. The highest BCUT2D eigenvalue weighted by Gasteiger charge is 2.29. The number of nitrogens with zero attached hydrogens (tertiary/aromatic N) is 2. The molecule has 0 bridgehead atoms. The van der Waals surface area contributed by atoms with E-state index in [1.54, 1.807) is 36.4 Å². The highest BCUT2D eigenvalue weighted by Crippen LogP contribution is 2.30. The van der Waals surface area contributed by atoms with Gasteiger partial charge in [0.05, 0.1) is 6.54 Å². The van der Waals surface area contributed by atoms with Crippen molar-refractivity contribution in [2.45, 2.75) is 6.92 Å². The van der Waals surface area contributed by atoms with E-state index >= 15 is 0 Å². The number of hydrogen-bond acceptors (Lipinski definition) is 6. The Hall–Kier alpha value is -3.42. The van der Waals surface area contributed by atoms with E-state index in [1.165, 1.54) is 11.8 Å². The molecule has 0 radical (unpaired) electrons.